The second-order valence-electron chi connectivity index (χ2n) is 4.30. The van der Waals surface area contributed by atoms with Crippen LogP contribution in [-0.2, 0) is 0 Å². The predicted octanol–water partition coefficient (Wildman–Crippen LogP) is 2.81. The van der Waals surface area contributed by atoms with Gasteiger partial charge in [-0.05, 0) is 31.5 Å². The van der Waals surface area contributed by atoms with Crippen LogP contribution in [0.15, 0.2) is 35.3 Å². The maximum absolute atomic E-state index is 11.6. The Labute approximate surface area is 114 Å². The molecule has 0 amide bonds. The molecule has 0 bridgehead atoms. The maximum Gasteiger partial charge on any atom is 0.341 e. The standard InChI is InChI=1S/C14H12ClNO3/c1-8-3-4-10(15)6-12(8)16-7-11(14(18)19)13(17)5-9(16)2/h3-7H,1-2H3,(H,18,19). The van der Waals surface area contributed by atoms with Gasteiger partial charge in [0.2, 0.25) is 0 Å². The van der Waals surface area contributed by atoms with Gasteiger partial charge in [0, 0.05) is 28.7 Å². The van der Waals surface area contributed by atoms with Gasteiger partial charge < -0.3 is 9.67 Å². The van der Waals surface area contributed by atoms with Crippen molar-refractivity contribution < 1.29 is 9.90 Å². The molecule has 0 aliphatic carbocycles. The van der Waals surface area contributed by atoms with Crippen LogP contribution in [0.2, 0.25) is 5.02 Å². The fourth-order valence-electron chi connectivity index (χ4n) is 1.89. The van der Waals surface area contributed by atoms with Crippen molar-refractivity contribution in [1.82, 2.24) is 4.57 Å². The number of carboxylic acids is 1. The Morgan fingerprint density at radius 2 is 1.95 bits per heavy atom. The monoisotopic (exact) mass is 277 g/mol. The first-order valence-electron chi connectivity index (χ1n) is 5.63. The number of rotatable bonds is 2. The second kappa shape index (κ2) is 4.90. The summed E-state index contributed by atoms with van der Waals surface area (Å²) in [7, 11) is 0. The van der Waals surface area contributed by atoms with Gasteiger partial charge in [0.05, 0.1) is 0 Å². The Kier molecular flexibility index (Phi) is 3.44. The number of hydrogen-bond acceptors (Lipinski definition) is 2. The molecule has 1 aromatic carbocycles. The zero-order valence-corrected chi connectivity index (χ0v) is 11.2. The maximum atomic E-state index is 11.6. The summed E-state index contributed by atoms with van der Waals surface area (Å²) < 4.78 is 1.66. The Balaban J connectivity index is 2.75. The third-order valence-corrected chi connectivity index (χ3v) is 3.14. The molecule has 0 aliphatic rings. The molecule has 0 saturated carbocycles. The van der Waals surface area contributed by atoms with Gasteiger partial charge in [-0.2, -0.15) is 0 Å². The number of pyridine rings is 1. The topological polar surface area (TPSA) is 59.3 Å². The van der Waals surface area contributed by atoms with Gasteiger partial charge in [-0.25, -0.2) is 4.79 Å². The summed E-state index contributed by atoms with van der Waals surface area (Å²) in [6, 6.07) is 6.65. The van der Waals surface area contributed by atoms with E-state index in [1.807, 2.05) is 13.0 Å². The number of aryl methyl sites for hydroxylation is 2. The molecule has 0 radical (unpaired) electrons. The van der Waals surface area contributed by atoms with E-state index in [-0.39, 0.29) is 5.56 Å². The van der Waals surface area contributed by atoms with Crippen LogP contribution in [-0.4, -0.2) is 15.6 Å². The van der Waals surface area contributed by atoms with Crippen LogP contribution in [0.5, 0.6) is 0 Å². The van der Waals surface area contributed by atoms with Crippen LogP contribution in [0.4, 0.5) is 0 Å². The zero-order chi connectivity index (χ0) is 14.2. The summed E-state index contributed by atoms with van der Waals surface area (Å²) in [6.45, 7) is 3.64. The Morgan fingerprint density at radius 1 is 1.26 bits per heavy atom. The van der Waals surface area contributed by atoms with E-state index in [1.54, 1.807) is 23.6 Å². The highest BCUT2D eigenvalue weighted by Crippen LogP contribution is 2.20. The van der Waals surface area contributed by atoms with Crippen LogP contribution < -0.4 is 5.43 Å². The van der Waals surface area contributed by atoms with Gasteiger partial charge >= 0.3 is 5.97 Å². The van der Waals surface area contributed by atoms with Crippen LogP contribution in [0.3, 0.4) is 0 Å². The van der Waals surface area contributed by atoms with Crippen LogP contribution >= 0.6 is 11.6 Å². The predicted molar refractivity (Wildman–Crippen MR) is 73.5 cm³/mol. The summed E-state index contributed by atoms with van der Waals surface area (Å²) in [5.74, 6) is -1.24. The molecule has 1 N–H and O–H groups in total. The van der Waals surface area contributed by atoms with Crippen molar-refractivity contribution in [3.8, 4) is 5.69 Å². The molecule has 0 saturated heterocycles. The van der Waals surface area contributed by atoms with E-state index in [0.717, 1.165) is 11.3 Å². The quantitative estimate of drug-likeness (QED) is 0.918. The van der Waals surface area contributed by atoms with Gasteiger partial charge in [-0.3, -0.25) is 4.79 Å². The summed E-state index contributed by atoms with van der Waals surface area (Å²) in [5, 5.41) is 9.56. The first-order valence-corrected chi connectivity index (χ1v) is 6.01. The molecule has 2 aromatic rings. The lowest BCUT2D eigenvalue weighted by Gasteiger charge is -2.14. The van der Waals surface area contributed by atoms with Crippen LogP contribution in [0.25, 0.3) is 5.69 Å². The van der Waals surface area contributed by atoms with Crippen molar-refractivity contribution in [2.24, 2.45) is 0 Å². The molecular weight excluding hydrogens is 266 g/mol. The number of aromatic nitrogens is 1. The molecule has 1 heterocycles. The van der Waals surface area contributed by atoms with E-state index >= 15 is 0 Å². The SMILES string of the molecule is Cc1ccc(Cl)cc1-n1cc(C(=O)O)c(=O)cc1C. The van der Waals surface area contributed by atoms with Gasteiger partial charge in [-0.15, -0.1) is 0 Å². The summed E-state index contributed by atoms with van der Waals surface area (Å²) in [6.07, 6.45) is 1.33. The highest BCUT2D eigenvalue weighted by atomic mass is 35.5. The average molecular weight is 278 g/mol. The number of hydrogen-bond donors (Lipinski definition) is 1. The van der Waals surface area contributed by atoms with E-state index in [0.29, 0.717) is 10.7 Å². The van der Waals surface area contributed by atoms with E-state index in [2.05, 4.69) is 0 Å². The minimum atomic E-state index is -1.24. The van der Waals surface area contributed by atoms with Crippen molar-refractivity contribution in [2.45, 2.75) is 13.8 Å². The average Bonchev–Trinajstić information content (AvgIpc) is 2.32. The lowest BCUT2D eigenvalue weighted by molar-refractivity contribution is 0.0695. The van der Waals surface area contributed by atoms with Crippen molar-refractivity contribution in [1.29, 1.82) is 0 Å². The first kappa shape index (κ1) is 13.4. The largest absolute Gasteiger partial charge is 0.477 e. The third-order valence-electron chi connectivity index (χ3n) is 2.90. The normalized spacial score (nSPS) is 10.5. The van der Waals surface area contributed by atoms with Gasteiger partial charge in [-0.1, -0.05) is 17.7 Å². The summed E-state index contributed by atoms with van der Waals surface area (Å²) >= 11 is 5.96. The van der Waals surface area contributed by atoms with Crippen molar-refractivity contribution in [3.05, 3.63) is 62.5 Å². The minimum Gasteiger partial charge on any atom is -0.477 e. The summed E-state index contributed by atoms with van der Waals surface area (Å²) in [4.78, 5) is 22.6. The van der Waals surface area contributed by atoms with Gasteiger partial charge in [0.1, 0.15) is 5.56 Å². The van der Waals surface area contributed by atoms with Gasteiger partial charge in [0.15, 0.2) is 5.43 Å². The number of halogens is 1. The molecule has 19 heavy (non-hydrogen) atoms. The highest BCUT2D eigenvalue weighted by molar-refractivity contribution is 6.30. The first-order chi connectivity index (χ1) is 8.90. The fourth-order valence-corrected chi connectivity index (χ4v) is 2.06. The number of carboxylic acid groups (broad SMARTS) is 1. The van der Waals surface area contributed by atoms with E-state index in [4.69, 9.17) is 16.7 Å². The Hall–Kier alpha value is -2.07. The van der Waals surface area contributed by atoms with E-state index in [1.165, 1.54) is 12.3 Å². The molecule has 1 aromatic heterocycles. The molecule has 0 atom stereocenters. The van der Waals surface area contributed by atoms with Crippen LogP contribution in [0.1, 0.15) is 21.6 Å². The van der Waals surface area contributed by atoms with Crippen molar-refractivity contribution in [2.75, 3.05) is 0 Å². The fraction of sp³-hybridized carbons (Fsp3) is 0.143. The third kappa shape index (κ3) is 2.53. The molecule has 0 spiro atoms. The molecule has 2 rings (SSSR count). The zero-order valence-electron chi connectivity index (χ0n) is 10.5. The van der Waals surface area contributed by atoms with Crippen molar-refractivity contribution >= 4 is 17.6 Å². The van der Waals surface area contributed by atoms with E-state index in [9.17, 15) is 9.59 Å². The van der Waals surface area contributed by atoms with Crippen molar-refractivity contribution in [3.63, 3.8) is 0 Å². The molecule has 0 fully saturated rings. The lowest BCUT2D eigenvalue weighted by atomic mass is 10.1. The van der Waals surface area contributed by atoms with E-state index < -0.39 is 11.4 Å². The van der Waals surface area contributed by atoms with Gasteiger partial charge in [0.25, 0.3) is 0 Å². The number of nitrogens with zero attached hydrogens (tertiary/aromatic N) is 1. The molecule has 0 aliphatic heterocycles. The highest BCUT2D eigenvalue weighted by Gasteiger charge is 2.12. The molecule has 0 unspecified atom stereocenters. The molecule has 5 heteroatoms. The number of carbonyl (C=O) groups is 1. The lowest BCUT2D eigenvalue weighted by Crippen LogP contribution is -2.18. The number of aromatic carboxylic acids is 1. The Bertz CT molecular complexity index is 719. The van der Waals surface area contributed by atoms with Crippen LogP contribution in [0, 0.1) is 13.8 Å². The molecular formula is C14H12ClNO3. The molecule has 98 valence electrons. The minimum absolute atomic E-state index is 0.259. The smallest absolute Gasteiger partial charge is 0.341 e. The molecule has 4 nitrogen and oxygen atoms in total. The Morgan fingerprint density at radius 3 is 2.58 bits per heavy atom. The second-order valence-corrected chi connectivity index (χ2v) is 4.74. The number of benzene rings is 1. The summed E-state index contributed by atoms with van der Waals surface area (Å²) in [5.41, 5.74) is 1.59.